The summed E-state index contributed by atoms with van der Waals surface area (Å²) in [6.07, 6.45) is 31.1. The molecule has 4 nitrogen and oxygen atoms in total. The maximum absolute atomic E-state index is 12.0. The predicted octanol–water partition coefficient (Wildman–Crippen LogP) is 10.3. The van der Waals surface area contributed by atoms with Gasteiger partial charge in [0.05, 0.1) is 0 Å². The Kier molecular flexibility index (Phi) is 24.3. The molecule has 220 valence electrons. The Morgan fingerprint density at radius 3 is 1.42 bits per heavy atom. The van der Waals surface area contributed by atoms with Gasteiger partial charge in [-0.15, -0.1) is 0 Å². The van der Waals surface area contributed by atoms with Gasteiger partial charge >= 0.3 is 0 Å². The molecule has 4 heteroatoms. The van der Waals surface area contributed by atoms with Gasteiger partial charge in [-0.3, -0.25) is 4.79 Å². The van der Waals surface area contributed by atoms with Crippen molar-refractivity contribution in [3.63, 3.8) is 0 Å². The minimum Gasteiger partial charge on any atom is -0.508 e. The van der Waals surface area contributed by atoms with Crippen molar-refractivity contribution in [1.82, 2.24) is 5.32 Å². The Balaban J connectivity index is 1.71. The molecule has 0 spiro atoms. The molecule has 38 heavy (non-hydrogen) atoms. The summed E-state index contributed by atoms with van der Waals surface area (Å²) < 4.78 is 0. The lowest BCUT2D eigenvalue weighted by atomic mass is 10.0. The summed E-state index contributed by atoms with van der Waals surface area (Å²) in [6.45, 7) is 4.13. The first-order valence-corrected chi connectivity index (χ1v) is 16.5. The van der Waals surface area contributed by atoms with E-state index in [9.17, 15) is 9.90 Å². The van der Waals surface area contributed by atoms with E-state index in [1.807, 2.05) is 12.1 Å². The van der Waals surface area contributed by atoms with Crippen molar-refractivity contribution in [2.45, 2.75) is 161 Å². The summed E-state index contributed by atoms with van der Waals surface area (Å²) in [6, 6.07) is 7.28. The number of carbonyl (C=O) groups is 1. The molecule has 0 aromatic heterocycles. The molecule has 0 atom stereocenters. The first-order chi connectivity index (χ1) is 18.7. The molecule has 1 aromatic rings. The van der Waals surface area contributed by atoms with Gasteiger partial charge in [0.2, 0.25) is 5.91 Å². The van der Waals surface area contributed by atoms with Crippen LogP contribution in [0.2, 0.25) is 0 Å². The predicted molar refractivity (Wildman–Crippen MR) is 166 cm³/mol. The molecule has 1 aromatic carbocycles. The van der Waals surface area contributed by atoms with E-state index in [0.29, 0.717) is 12.2 Å². The highest BCUT2D eigenvalue weighted by Crippen LogP contribution is 2.15. The summed E-state index contributed by atoms with van der Waals surface area (Å²) >= 11 is 0. The highest BCUT2D eigenvalue weighted by Gasteiger charge is 2.01. The van der Waals surface area contributed by atoms with Crippen molar-refractivity contribution in [3.05, 3.63) is 24.3 Å². The molecule has 0 fully saturated rings. The van der Waals surface area contributed by atoms with E-state index >= 15 is 0 Å². The number of anilines is 1. The van der Waals surface area contributed by atoms with Crippen LogP contribution in [0, 0.1) is 0 Å². The molecule has 0 aliphatic carbocycles. The first kappa shape index (κ1) is 34.3. The Bertz CT molecular complexity index is 632. The highest BCUT2D eigenvalue weighted by atomic mass is 16.3. The van der Waals surface area contributed by atoms with Gasteiger partial charge in [0.1, 0.15) is 5.75 Å². The zero-order chi connectivity index (χ0) is 27.4. The monoisotopic (exact) mass is 530 g/mol. The maximum atomic E-state index is 12.0. The molecular weight excluding hydrogens is 468 g/mol. The third-order valence-electron chi connectivity index (χ3n) is 7.63. The van der Waals surface area contributed by atoms with E-state index in [4.69, 9.17) is 0 Å². The normalized spacial score (nSPS) is 11.1. The Morgan fingerprint density at radius 1 is 0.553 bits per heavy atom. The van der Waals surface area contributed by atoms with Gasteiger partial charge in [-0.25, -0.2) is 0 Å². The van der Waals surface area contributed by atoms with Crippen molar-refractivity contribution in [2.24, 2.45) is 0 Å². The van der Waals surface area contributed by atoms with Crippen LogP contribution in [0.1, 0.15) is 161 Å². The van der Waals surface area contributed by atoms with E-state index < -0.39 is 0 Å². The average molecular weight is 531 g/mol. The summed E-state index contributed by atoms with van der Waals surface area (Å²) in [5.74, 6) is 0.569. The fourth-order valence-corrected chi connectivity index (χ4v) is 5.10. The second-order valence-electron chi connectivity index (χ2n) is 11.4. The van der Waals surface area contributed by atoms with Crippen molar-refractivity contribution < 1.29 is 9.90 Å². The standard InChI is InChI=1S/C34H62N2O2/c1-2-3-4-5-6-7-8-9-10-11-13-16-19-22-25-34(38)36-31-24-21-18-15-12-14-17-20-23-30-35-32-26-28-33(37)29-27-32/h26-29,35,37H,2-25,30-31H2,1H3,(H,36,38). The number of carbonyl (C=O) groups excluding carboxylic acids is 1. The second kappa shape index (κ2) is 26.9. The van der Waals surface area contributed by atoms with Crippen LogP contribution < -0.4 is 10.6 Å². The van der Waals surface area contributed by atoms with Crippen molar-refractivity contribution in [3.8, 4) is 5.75 Å². The molecule has 0 aliphatic rings. The molecule has 0 bridgehead atoms. The fraction of sp³-hybridized carbons (Fsp3) is 0.794. The lowest BCUT2D eigenvalue weighted by Gasteiger charge is -2.07. The average Bonchev–Trinajstić information content (AvgIpc) is 2.92. The third kappa shape index (κ3) is 23.4. The van der Waals surface area contributed by atoms with Crippen molar-refractivity contribution >= 4 is 11.6 Å². The topological polar surface area (TPSA) is 61.4 Å². The molecule has 0 heterocycles. The van der Waals surface area contributed by atoms with E-state index in [1.54, 1.807) is 12.1 Å². The van der Waals surface area contributed by atoms with Crippen LogP contribution in [0.5, 0.6) is 5.75 Å². The Labute approximate surface area is 236 Å². The summed E-state index contributed by atoms with van der Waals surface area (Å²) in [7, 11) is 0. The highest BCUT2D eigenvalue weighted by molar-refractivity contribution is 5.75. The van der Waals surface area contributed by atoms with Gasteiger partial charge in [-0.2, -0.15) is 0 Å². The second-order valence-corrected chi connectivity index (χ2v) is 11.4. The van der Waals surface area contributed by atoms with Gasteiger partial charge in [0, 0.05) is 25.2 Å². The number of hydrogen-bond donors (Lipinski definition) is 3. The number of amides is 1. The van der Waals surface area contributed by atoms with E-state index in [2.05, 4.69) is 17.6 Å². The van der Waals surface area contributed by atoms with Crippen LogP contribution in [-0.2, 0) is 4.79 Å². The van der Waals surface area contributed by atoms with Gasteiger partial charge < -0.3 is 15.7 Å². The summed E-state index contributed by atoms with van der Waals surface area (Å²) in [5.41, 5.74) is 1.08. The van der Waals surface area contributed by atoms with E-state index in [1.165, 1.54) is 135 Å². The summed E-state index contributed by atoms with van der Waals surface area (Å²) in [5, 5.41) is 15.8. The van der Waals surface area contributed by atoms with Crippen LogP contribution in [0.3, 0.4) is 0 Å². The number of benzene rings is 1. The van der Waals surface area contributed by atoms with E-state index in [-0.39, 0.29) is 5.91 Å². The van der Waals surface area contributed by atoms with Crippen LogP contribution in [0.15, 0.2) is 24.3 Å². The van der Waals surface area contributed by atoms with Gasteiger partial charge in [0.15, 0.2) is 0 Å². The number of phenols is 1. The summed E-state index contributed by atoms with van der Waals surface area (Å²) in [4.78, 5) is 12.0. The molecule has 0 saturated carbocycles. The minimum absolute atomic E-state index is 0.254. The van der Waals surface area contributed by atoms with Gasteiger partial charge in [0.25, 0.3) is 0 Å². The van der Waals surface area contributed by atoms with Gasteiger partial charge in [-0.1, -0.05) is 135 Å². The van der Waals surface area contributed by atoms with Crippen LogP contribution in [-0.4, -0.2) is 24.1 Å². The maximum Gasteiger partial charge on any atom is 0.219 e. The number of phenolic OH excluding ortho intramolecular Hbond substituents is 1. The Hall–Kier alpha value is -1.71. The molecule has 3 N–H and O–H groups in total. The SMILES string of the molecule is CCCCCCCCCCCCCCCCC(=O)NCCCCCCCCCCCNc1ccc(O)cc1. The Morgan fingerprint density at radius 2 is 0.947 bits per heavy atom. The molecule has 1 amide bonds. The lowest BCUT2D eigenvalue weighted by molar-refractivity contribution is -0.121. The fourth-order valence-electron chi connectivity index (χ4n) is 5.10. The molecule has 0 radical (unpaired) electrons. The molecular formula is C34H62N2O2. The van der Waals surface area contributed by atoms with Crippen LogP contribution >= 0.6 is 0 Å². The smallest absolute Gasteiger partial charge is 0.219 e. The first-order valence-electron chi connectivity index (χ1n) is 16.5. The van der Waals surface area contributed by atoms with Crippen molar-refractivity contribution in [2.75, 3.05) is 18.4 Å². The zero-order valence-electron chi connectivity index (χ0n) is 25.0. The van der Waals surface area contributed by atoms with Crippen LogP contribution in [0.4, 0.5) is 5.69 Å². The molecule has 1 rings (SSSR count). The van der Waals surface area contributed by atoms with Gasteiger partial charge in [-0.05, 0) is 43.5 Å². The zero-order valence-corrected chi connectivity index (χ0v) is 25.0. The van der Waals surface area contributed by atoms with Crippen molar-refractivity contribution in [1.29, 1.82) is 0 Å². The number of hydrogen-bond acceptors (Lipinski definition) is 3. The number of rotatable bonds is 28. The number of aromatic hydroxyl groups is 1. The lowest BCUT2D eigenvalue weighted by Crippen LogP contribution is -2.23. The number of nitrogens with one attached hydrogen (secondary N) is 2. The number of unbranched alkanes of at least 4 members (excludes halogenated alkanes) is 21. The van der Waals surface area contributed by atoms with Crippen LogP contribution in [0.25, 0.3) is 0 Å². The molecule has 0 saturated heterocycles. The molecule has 0 unspecified atom stereocenters. The third-order valence-corrected chi connectivity index (χ3v) is 7.63. The molecule has 0 aliphatic heterocycles. The quantitative estimate of drug-likeness (QED) is 0.0746. The minimum atomic E-state index is 0.254. The van der Waals surface area contributed by atoms with E-state index in [0.717, 1.165) is 31.6 Å². The largest absolute Gasteiger partial charge is 0.508 e.